The molecular weight excluding hydrogens is 372 g/mol. The first-order valence-electron chi connectivity index (χ1n) is 7.28. The molecule has 1 aromatic heterocycles. The number of carbonyl (C=O) groups is 1. The first kappa shape index (κ1) is 16.3. The van der Waals surface area contributed by atoms with Crippen molar-refractivity contribution in [1.82, 2.24) is 4.68 Å². The number of ether oxygens (including phenoxy) is 1. The molecule has 0 atom stereocenters. The van der Waals surface area contributed by atoms with Gasteiger partial charge in [-0.2, -0.15) is 0 Å². The number of rotatable bonds is 3. The average Bonchev–Trinajstić information content (AvgIpc) is 2.61. The fourth-order valence-corrected chi connectivity index (χ4v) is 3.13. The summed E-state index contributed by atoms with van der Waals surface area (Å²) in [6.07, 6.45) is 0. The Morgan fingerprint density at radius 1 is 1.12 bits per heavy atom. The summed E-state index contributed by atoms with van der Waals surface area (Å²) in [6, 6.07) is 14.8. The molecule has 0 aliphatic heterocycles. The molecule has 6 heteroatoms. The summed E-state index contributed by atoms with van der Waals surface area (Å²) in [6.45, 7) is 0. The molecule has 5 nitrogen and oxygen atoms in total. The Kier molecular flexibility index (Phi) is 4.40. The highest BCUT2D eigenvalue weighted by atomic mass is 79.9. The molecule has 0 radical (unpaired) electrons. The molecule has 0 saturated heterocycles. The van der Waals surface area contributed by atoms with Gasteiger partial charge in [-0.1, -0.05) is 46.3 Å². The second-order valence-electron chi connectivity index (χ2n) is 5.14. The predicted molar refractivity (Wildman–Crippen MR) is 98.0 cm³/mol. The van der Waals surface area contributed by atoms with E-state index in [0.29, 0.717) is 16.3 Å². The van der Waals surface area contributed by atoms with E-state index < -0.39 is 5.97 Å². The van der Waals surface area contributed by atoms with Gasteiger partial charge in [-0.15, -0.1) is 0 Å². The Hall–Kier alpha value is -2.60. The third-order valence-electron chi connectivity index (χ3n) is 3.81. The van der Waals surface area contributed by atoms with Gasteiger partial charge in [0.1, 0.15) is 0 Å². The molecule has 1 heterocycles. The van der Waals surface area contributed by atoms with E-state index in [4.69, 9.17) is 4.74 Å². The summed E-state index contributed by atoms with van der Waals surface area (Å²) in [5, 5.41) is 1.20. The van der Waals surface area contributed by atoms with Crippen LogP contribution in [0.2, 0.25) is 0 Å². The second kappa shape index (κ2) is 6.49. The summed E-state index contributed by atoms with van der Waals surface area (Å²) < 4.78 is 6.97. The molecule has 0 amide bonds. The Labute approximate surface area is 147 Å². The SMILES string of the molecule is CNn1c(C(=O)OC)c(-c2ccccc2)c2cc(Br)ccc2c1=O. The van der Waals surface area contributed by atoms with Gasteiger partial charge in [-0.3, -0.25) is 4.79 Å². The number of hydrogen-bond donors (Lipinski definition) is 1. The minimum absolute atomic E-state index is 0.168. The van der Waals surface area contributed by atoms with E-state index in [1.54, 1.807) is 19.2 Å². The van der Waals surface area contributed by atoms with Gasteiger partial charge in [0.2, 0.25) is 0 Å². The van der Waals surface area contributed by atoms with Crippen molar-refractivity contribution in [1.29, 1.82) is 0 Å². The average molecular weight is 387 g/mol. The van der Waals surface area contributed by atoms with Crippen LogP contribution in [0.3, 0.4) is 0 Å². The van der Waals surface area contributed by atoms with Crippen LogP contribution in [0, 0.1) is 0 Å². The molecule has 1 N–H and O–H groups in total. The number of nitrogens with one attached hydrogen (secondary N) is 1. The van der Waals surface area contributed by atoms with E-state index in [-0.39, 0.29) is 11.3 Å². The summed E-state index contributed by atoms with van der Waals surface area (Å²) in [7, 11) is 2.89. The van der Waals surface area contributed by atoms with E-state index in [1.165, 1.54) is 11.8 Å². The van der Waals surface area contributed by atoms with Crippen molar-refractivity contribution in [2.75, 3.05) is 19.6 Å². The van der Waals surface area contributed by atoms with E-state index in [1.807, 2.05) is 36.4 Å². The highest BCUT2D eigenvalue weighted by molar-refractivity contribution is 9.10. The zero-order chi connectivity index (χ0) is 17.3. The highest BCUT2D eigenvalue weighted by Crippen LogP contribution is 2.32. The van der Waals surface area contributed by atoms with Crippen molar-refractivity contribution in [2.24, 2.45) is 0 Å². The summed E-state index contributed by atoms with van der Waals surface area (Å²) >= 11 is 3.44. The van der Waals surface area contributed by atoms with Crippen LogP contribution in [0.25, 0.3) is 21.9 Å². The first-order chi connectivity index (χ1) is 11.6. The number of carbonyl (C=O) groups excluding carboxylic acids is 1. The molecule has 2 aromatic carbocycles. The number of pyridine rings is 1. The first-order valence-corrected chi connectivity index (χ1v) is 8.07. The minimum Gasteiger partial charge on any atom is -0.464 e. The molecule has 3 rings (SSSR count). The van der Waals surface area contributed by atoms with Crippen molar-refractivity contribution in [3.63, 3.8) is 0 Å². The number of benzene rings is 2. The quantitative estimate of drug-likeness (QED) is 0.700. The maximum Gasteiger partial charge on any atom is 0.357 e. The third-order valence-corrected chi connectivity index (χ3v) is 4.30. The van der Waals surface area contributed by atoms with E-state index in [0.717, 1.165) is 10.0 Å². The molecule has 0 fully saturated rings. The summed E-state index contributed by atoms with van der Waals surface area (Å²) in [4.78, 5) is 25.2. The van der Waals surface area contributed by atoms with Crippen LogP contribution in [0.5, 0.6) is 0 Å². The lowest BCUT2D eigenvalue weighted by Crippen LogP contribution is -2.33. The van der Waals surface area contributed by atoms with Crippen LogP contribution < -0.4 is 11.0 Å². The van der Waals surface area contributed by atoms with Gasteiger partial charge >= 0.3 is 5.97 Å². The smallest absolute Gasteiger partial charge is 0.357 e. The summed E-state index contributed by atoms with van der Waals surface area (Å²) in [5.41, 5.74) is 4.12. The molecular formula is C18H15BrN2O3. The number of hydrogen-bond acceptors (Lipinski definition) is 4. The molecule has 122 valence electrons. The Bertz CT molecular complexity index is 981. The largest absolute Gasteiger partial charge is 0.464 e. The number of halogens is 1. The van der Waals surface area contributed by atoms with Gasteiger partial charge in [-0.25, -0.2) is 9.47 Å². The normalized spacial score (nSPS) is 10.6. The summed E-state index contributed by atoms with van der Waals surface area (Å²) in [5.74, 6) is -0.581. The van der Waals surface area contributed by atoms with Crippen molar-refractivity contribution in [2.45, 2.75) is 0 Å². The number of aromatic nitrogens is 1. The molecule has 0 aliphatic rings. The second-order valence-corrected chi connectivity index (χ2v) is 6.05. The van der Waals surface area contributed by atoms with Crippen molar-refractivity contribution in [3.8, 4) is 11.1 Å². The molecule has 0 unspecified atom stereocenters. The number of fused-ring (bicyclic) bond motifs is 1. The zero-order valence-corrected chi connectivity index (χ0v) is 14.8. The number of methoxy groups -OCH3 is 1. The Balaban J connectivity index is 2.58. The van der Waals surface area contributed by atoms with Crippen LogP contribution in [0.4, 0.5) is 0 Å². The van der Waals surface area contributed by atoms with Crippen molar-refractivity contribution in [3.05, 3.63) is 69.1 Å². The lowest BCUT2D eigenvalue weighted by atomic mass is 9.97. The van der Waals surface area contributed by atoms with Gasteiger partial charge in [0.05, 0.1) is 7.11 Å². The Morgan fingerprint density at radius 3 is 2.46 bits per heavy atom. The monoisotopic (exact) mass is 386 g/mol. The lowest BCUT2D eigenvalue weighted by Gasteiger charge is -2.18. The number of esters is 1. The standard InChI is InChI=1S/C18H15BrN2O3/c1-20-21-16(18(23)24-2)15(11-6-4-3-5-7-11)14-10-12(19)8-9-13(14)17(21)22/h3-10,20H,1-2H3. The third kappa shape index (κ3) is 2.59. The molecule has 24 heavy (non-hydrogen) atoms. The Morgan fingerprint density at radius 2 is 1.83 bits per heavy atom. The van der Waals surface area contributed by atoms with Crippen LogP contribution in [0.15, 0.2) is 57.8 Å². The maximum atomic E-state index is 12.8. The van der Waals surface area contributed by atoms with Crippen LogP contribution in [0.1, 0.15) is 10.5 Å². The van der Waals surface area contributed by atoms with Crippen LogP contribution in [-0.2, 0) is 4.74 Å². The number of nitrogens with zero attached hydrogens (tertiary/aromatic N) is 1. The van der Waals surface area contributed by atoms with Crippen LogP contribution in [-0.4, -0.2) is 24.8 Å². The van der Waals surface area contributed by atoms with Crippen molar-refractivity contribution >= 4 is 32.7 Å². The molecule has 0 spiro atoms. The van der Waals surface area contributed by atoms with Gasteiger partial charge in [0, 0.05) is 22.5 Å². The molecule has 0 aliphatic carbocycles. The lowest BCUT2D eigenvalue weighted by molar-refractivity contribution is 0.0590. The predicted octanol–water partition coefficient (Wildman–Crippen LogP) is 3.39. The molecule has 0 saturated carbocycles. The molecule has 3 aromatic rings. The molecule has 0 bridgehead atoms. The fourth-order valence-electron chi connectivity index (χ4n) is 2.77. The van der Waals surface area contributed by atoms with Gasteiger partial charge in [0.15, 0.2) is 5.69 Å². The zero-order valence-electron chi connectivity index (χ0n) is 13.2. The topological polar surface area (TPSA) is 60.3 Å². The fraction of sp³-hybridized carbons (Fsp3) is 0.111. The maximum absolute atomic E-state index is 12.8. The van der Waals surface area contributed by atoms with E-state index >= 15 is 0 Å². The van der Waals surface area contributed by atoms with E-state index in [2.05, 4.69) is 21.4 Å². The van der Waals surface area contributed by atoms with Crippen molar-refractivity contribution < 1.29 is 9.53 Å². The van der Waals surface area contributed by atoms with Gasteiger partial charge in [-0.05, 0) is 29.1 Å². The minimum atomic E-state index is -0.581. The van der Waals surface area contributed by atoms with Crippen LogP contribution >= 0.6 is 15.9 Å². The van der Waals surface area contributed by atoms with Gasteiger partial charge < -0.3 is 10.2 Å². The van der Waals surface area contributed by atoms with Gasteiger partial charge in [0.25, 0.3) is 5.56 Å². The highest BCUT2D eigenvalue weighted by Gasteiger charge is 2.23. The van der Waals surface area contributed by atoms with E-state index in [9.17, 15) is 9.59 Å².